The van der Waals surface area contributed by atoms with Gasteiger partial charge in [0.2, 0.25) is 5.91 Å². The molecule has 1 aliphatic heterocycles. The summed E-state index contributed by atoms with van der Waals surface area (Å²) in [6, 6.07) is 13.9. The van der Waals surface area contributed by atoms with Gasteiger partial charge in [-0.05, 0) is 67.1 Å². The fourth-order valence-corrected chi connectivity index (χ4v) is 3.09. The first-order valence-electron chi connectivity index (χ1n) is 9.08. The number of carboxylic acid groups (broad SMARTS) is 1. The van der Waals surface area contributed by atoms with Gasteiger partial charge in [0, 0.05) is 18.7 Å². The van der Waals surface area contributed by atoms with E-state index < -0.39 is 12.0 Å². The first kappa shape index (κ1) is 21.1. The lowest BCUT2D eigenvalue weighted by molar-refractivity contribution is 0.1000. The van der Waals surface area contributed by atoms with Gasteiger partial charge in [-0.25, -0.2) is 4.79 Å². The summed E-state index contributed by atoms with van der Waals surface area (Å²) in [7, 11) is 1.67. The van der Waals surface area contributed by atoms with Crippen molar-refractivity contribution in [1.82, 2.24) is 4.90 Å². The number of carbonyl (C=O) groups is 2. The van der Waals surface area contributed by atoms with Crippen molar-refractivity contribution >= 4 is 12.0 Å². The first-order chi connectivity index (χ1) is 13.4. The summed E-state index contributed by atoms with van der Waals surface area (Å²) < 4.78 is 5.21. The quantitative estimate of drug-likeness (QED) is 0.747. The van der Waals surface area contributed by atoms with E-state index in [1.165, 1.54) is 34.7 Å². The average molecular weight is 386 g/mol. The number of amides is 2. The second kappa shape index (κ2) is 10.2. The summed E-state index contributed by atoms with van der Waals surface area (Å²) in [5, 5.41) is 17.7. The Kier molecular flexibility index (Phi) is 7.68. The summed E-state index contributed by atoms with van der Waals surface area (Å²) in [4.78, 5) is 22.8. The number of carbonyl (C=O) groups excluding carboxylic acids is 1. The topological polar surface area (TPSA) is 113 Å². The zero-order valence-electron chi connectivity index (χ0n) is 15.9. The Hall–Kier alpha value is -3.22. The summed E-state index contributed by atoms with van der Waals surface area (Å²) in [6.45, 7) is 1.31. The molecular weight excluding hydrogens is 360 g/mol. The van der Waals surface area contributed by atoms with Gasteiger partial charge in [0.15, 0.2) is 0 Å². The summed E-state index contributed by atoms with van der Waals surface area (Å²) >= 11 is 0. The van der Waals surface area contributed by atoms with Crippen LogP contribution in [0.5, 0.6) is 11.5 Å². The monoisotopic (exact) mass is 386 g/mol. The Morgan fingerprint density at radius 2 is 1.79 bits per heavy atom. The summed E-state index contributed by atoms with van der Waals surface area (Å²) in [6.07, 6.45) is 2.10. The van der Waals surface area contributed by atoms with E-state index in [9.17, 15) is 9.59 Å². The van der Waals surface area contributed by atoms with Crippen LogP contribution in [0.1, 0.15) is 28.8 Å². The molecule has 0 aromatic heterocycles. The molecule has 1 fully saturated rings. The number of primary amides is 1. The van der Waals surface area contributed by atoms with E-state index in [0.29, 0.717) is 24.6 Å². The van der Waals surface area contributed by atoms with E-state index in [1.54, 1.807) is 7.11 Å². The Labute approximate surface area is 164 Å². The number of ether oxygens (including phenoxy) is 1. The summed E-state index contributed by atoms with van der Waals surface area (Å²) in [5.41, 5.74) is 6.61. The highest BCUT2D eigenvalue weighted by atomic mass is 16.5. The molecule has 0 radical (unpaired) electrons. The maximum atomic E-state index is 10.8. The highest BCUT2D eigenvalue weighted by Crippen LogP contribution is 2.23. The Bertz CT molecular complexity index is 784. The van der Waals surface area contributed by atoms with Gasteiger partial charge < -0.3 is 25.6 Å². The number of piperidine rings is 1. The maximum Gasteiger partial charge on any atom is 0.407 e. The number of phenols is 1. The van der Waals surface area contributed by atoms with Crippen LogP contribution in [-0.2, 0) is 6.42 Å². The Balaban J connectivity index is 0.000000237. The van der Waals surface area contributed by atoms with Crippen LogP contribution in [0.4, 0.5) is 4.79 Å². The summed E-state index contributed by atoms with van der Waals surface area (Å²) in [5.74, 6) is 1.10. The van der Waals surface area contributed by atoms with E-state index >= 15 is 0 Å². The van der Waals surface area contributed by atoms with Crippen LogP contribution in [0.2, 0.25) is 0 Å². The van der Waals surface area contributed by atoms with Gasteiger partial charge in [-0.3, -0.25) is 4.79 Å². The average Bonchev–Trinajstić information content (AvgIpc) is 2.69. The number of nitrogens with zero attached hydrogens (tertiary/aromatic N) is 1. The van der Waals surface area contributed by atoms with E-state index in [1.807, 2.05) is 12.1 Å². The third kappa shape index (κ3) is 6.50. The molecule has 0 aliphatic carbocycles. The number of phenolic OH excluding ortho intramolecular Hbond substituents is 1. The standard InChI is InChI=1S/C14H19NO3.C7H7NO2/c1-18-13-4-2-3-12(10-13)9-11-5-7-15(8-6-11)14(16)17;8-7(10)5-1-3-6(9)4-2-5/h2-4,10-11H,5-9H2,1H3,(H,16,17);1-4,9H,(H2,8,10). The van der Waals surface area contributed by atoms with Crippen molar-refractivity contribution in [1.29, 1.82) is 0 Å². The van der Waals surface area contributed by atoms with Gasteiger partial charge in [0.1, 0.15) is 11.5 Å². The molecule has 3 rings (SSSR count). The molecule has 7 nitrogen and oxygen atoms in total. The maximum absolute atomic E-state index is 10.8. The molecule has 150 valence electrons. The second-order valence-electron chi connectivity index (χ2n) is 6.68. The molecule has 2 aromatic rings. The normalized spacial score (nSPS) is 14.0. The van der Waals surface area contributed by atoms with Gasteiger partial charge >= 0.3 is 6.09 Å². The molecule has 0 saturated carbocycles. The Morgan fingerprint density at radius 3 is 2.32 bits per heavy atom. The van der Waals surface area contributed by atoms with Crippen LogP contribution in [0.15, 0.2) is 48.5 Å². The number of benzene rings is 2. The smallest absolute Gasteiger partial charge is 0.407 e. The number of hydrogen-bond donors (Lipinski definition) is 3. The number of hydrogen-bond acceptors (Lipinski definition) is 4. The van der Waals surface area contributed by atoms with E-state index in [2.05, 4.69) is 12.1 Å². The lowest BCUT2D eigenvalue weighted by Crippen LogP contribution is -2.37. The molecule has 1 saturated heterocycles. The number of aromatic hydroxyl groups is 1. The van der Waals surface area contributed by atoms with Crippen LogP contribution in [0.25, 0.3) is 0 Å². The van der Waals surface area contributed by atoms with Crippen LogP contribution in [-0.4, -0.2) is 47.3 Å². The molecular formula is C21H26N2O5. The number of nitrogens with two attached hydrogens (primary N) is 1. The highest BCUT2D eigenvalue weighted by Gasteiger charge is 2.22. The third-order valence-corrected chi connectivity index (χ3v) is 4.70. The van der Waals surface area contributed by atoms with E-state index in [4.69, 9.17) is 20.7 Å². The third-order valence-electron chi connectivity index (χ3n) is 4.70. The van der Waals surface area contributed by atoms with Crippen molar-refractivity contribution in [2.45, 2.75) is 19.3 Å². The molecule has 7 heteroatoms. The zero-order chi connectivity index (χ0) is 20.5. The van der Waals surface area contributed by atoms with Crippen LogP contribution in [0.3, 0.4) is 0 Å². The largest absolute Gasteiger partial charge is 0.508 e. The van der Waals surface area contributed by atoms with Crippen molar-refractivity contribution < 1.29 is 24.5 Å². The van der Waals surface area contributed by atoms with E-state index in [-0.39, 0.29) is 5.75 Å². The van der Waals surface area contributed by atoms with Crippen molar-refractivity contribution in [3.8, 4) is 11.5 Å². The minimum Gasteiger partial charge on any atom is -0.508 e. The lowest BCUT2D eigenvalue weighted by Gasteiger charge is -2.30. The predicted octanol–water partition coefficient (Wildman–Crippen LogP) is 3.12. The zero-order valence-corrected chi connectivity index (χ0v) is 15.9. The van der Waals surface area contributed by atoms with Crippen molar-refractivity contribution in [3.05, 3.63) is 59.7 Å². The van der Waals surface area contributed by atoms with Gasteiger partial charge in [-0.1, -0.05) is 12.1 Å². The Morgan fingerprint density at radius 1 is 1.14 bits per heavy atom. The molecule has 0 spiro atoms. The number of likely N-dealkylation sites (tertiary alicyclic amines) is 1. The minimum absolute atomic E-state index is 0.130. The van der Waals surface area contributed by atoms with E-state index in [0.717, 1.165) is 25.0 Å². The number of rotatable bonds is 4. The predicted molar refractivity (Wildman–Crippen MR) is 106 cm³/mol. The fourth-order valence-electron chi connectivity index (χ4n) is 3.09. The van der Waals surface area contributed by atoms with Crippen molar-refractivity contribution in [3.63, 3.8) is 0 Å². The van der Waals surface area contributed by atoms with Crippen LogP contribution >= 0.6 is 0 Å². The highest BCUT2D eigenvalue weighted by molar-refractivity contribution is 5.92. The second-order valence-corrected chi connectivity index (χ2v) is 6.68. The van der Waals surface area contributed by atoms with Gasteiger partial charge in [-0.2, -0.15) is 0 Å². The molecule has 1 heterocycles. The lowest BCUT2D eigenvalue weighted by atomic mass is 9.90. The van der Waals surface area contributed by atoms with Gasteiger partial charge in [0.05, 0.1) is 7.11 Å². The molecule has 2 aromatic carbocycles. The number of methoxy groups -OCH3 is 1. The molecule has 4 N–H and O–H groups in total. The molecule has 28 heavy (non-hydrogen) atoms. The van der Waals surface area contributed by atoms with Gasteiger partial charge in [-0.15, -0.1) is 0 Å². The van der Waals surface area contributed by atoms with Crippen molar-refractivity contribution in [2.75, 3.05) is 20.2 Å². The van der Waals surface area contributed by atoms with Crippen LogP contribution < -0.4 is 10.5 Å². The molecule has 0 unspecified atom stereocenters. The SMILES string of the molecule is COc1cccc(CC2CCN(C(=O)O)CC2)c1.NC(=O)c1ccc(O)cc1. The van der Waals surface area contributed by atoms with Crippen molar-refractivity contribution in [2.24, 2.45) is 11.7 Å². The van der Waals surface area contributed by atoms with Gasteiger partial charge in [0.25, 0.3) is 0 Å². The van der Waals surface area contributed by atoms with Crippen LogP contribution in [0, 0.1) is 5.92 Å². The molecule has 0 bridgehead atoms. The fraction of sp³-hybridized carbons (Fsp3) is 0.333. The first-order valence-corrected chi connectivity index (χ1v) is 9.08. The molecule has 2 amide bonds. The molecule has 0 atom stereocenters. The minimum atomic E-state index is -0.796. The molecule has 1 aliphatic rings.